The first kappa shape index (κ1) is 7.85. The van der Waals surface area contributed by atoms with Crippen LogP contribution >= 0.6 is 0 Å². The minimum Gasteiger partial charge on any atom is -0.772 e. The van der Waals surface area contributed by atoms with Gasteiger partial charge in [-0.2, -0.15) is 0 Å². The molecule has 0 aromatic rings. The van der Waals surface area contributed by atoms with E-state index in [1.165, 1.54) is 0 Å². The standard InChI is InChI=1S/C5H10O2S/c1-3-5(2)4-8(6)7/h2-4H2,1H3,(H,6,7)/p-1. The molecule has 0 fully saturated rings. The van der Waals surface area contributed by atoms with Gasteiger partial charge in [-0.3, -0.25) is 4.21 Å². The van der Waals surface area contributed by atoms with Gasteiger partial charge in [0.2, 0.25) is 0 Å². The Kier molecular flexibility index (Phi) is 3.73. The average Bonchev–Trinajstić information content (AvgIpc) is 1.65. The Morgan fingerprint density at radius 2 is 2.38 bits per heavy atom. The van der Waals surface area contributed by atoms with E-state index in [-0.39, 0.29) is 5.75 Å². The predicted molar refractivity (Wildman–Crippen MR) is 33.2 cm³/mol. The highest BCUT2D eigenvalue weighted by molar-refractivity contribution is 7.79. The molecule has 48 valence electrons. The summed E-state index contributed by atoms with van der Waals surface area (Å²) in [6, 6.07) is 0. The zero-order valence-corrected chi connectivity index (χ0v) is 5.66. The van der Waals surface area contributed by atoms with Crippen molar-refractivity contribution in [3.63, 3.8) is 0 Å². The lowest BCUT2D eigenvalue weighted by molar-refractivity contribution is 0.539. The van der Waals surface area contributed by atoms with Crippen LogP contribution in [0.3, 0.4) is 0 Å². The SMILES string of the molecule is C=C(CC)CS(=O)[O-]. The topological polar surface area (TPSA) is 40.1 Å². The van der Waals surface area contributed by atoms with E-state index in [1.54, 1.807) is 0 Å². The number of rotatable bonds is 3. The monoisotopic (exact) mass is 133 g/mol. The second kappa shape index (κ2) is 3.80. The zero-order chi connectivity index (χ0) is 6.57. The molecule has 2 nitrogen and oxygen atoms in total. The molecule has 0 aromatic heterocycles. The van der Waals surface area contributed by atoms with Crippen molar-refractivity contribution in [2.24, 2.45) is 0 Å². The molecule has 0 rings (SSSR count). The van der Waals surface area contributed by atoms with Crippen molar-refractivity contribution >= 4 is 11.1 Å². The summed E-state index contributed by atoms with van der Waals surface area (Å²) in [5.74, 6) is 0.108. The first-order valence-corrected chi connectivity index (χ1v) is 3.63. The summed E-state index contributed by atoms with van der Waals surface area (Å²) in [6.07, 6.45) is 0.744. The van der Waals surface area contributed by atoms with Gasteiger partial charge in [0.1, 0.15) is 0 Å². The maximum absolute atomic E-state index is 9.91. The maximum atomic E-state index is 9.91. The Balaban J connectivity index is 3.40. The van der Waals surface area contributed by atoms with Gasteiger partial charge in [0.25, 0.3) is 0 Å². The molecule has 3 heteroatoms. The molecule has 0 aliphatic heterocycles. The fraction of sp³-hybridized carbons (Fsp3) is 0.600. The van der Waals surface area contributed by atoms with Crippen LogP contribution in [0.2, 0.25) is 0 Å². The Morgan fingerprint density at radius 1 is 1.88 bits per heavy atom. The third-order valence-electron chi connectivity index (χ3n) is 0.822. The summed E-state index contributed by atoms with van der Waals surface area (Å²) in [5, 5.41) is 0. The molecule has 0 spiro atoms. The average molecular weight is 133 g/mol. The van der Waals surface area contributed by atoms with Gasteiger partial charge >= 0.3 is 0 Å². The largest absolute Gasteiger partial charge is 0.772 e. The number of hydrogen-bond donors (Lipinski definition) is 0. The van der Waals surface area contributed by atoms with Crippen LogP contribution < -0.4 is 0 Å². The van der Waals surface area contributed by atoms with Gasteiger partial charge < -0.3 is 4.55 Å². The maximum Gasteiger partial charge on any atom is 0.0309 e. The first-order valence-electron chi connectivity index (χ1n) is 2.39. The molecule has 0 radical (unpaired) electrons. The highest BCUT2D eigenvalue weighted by Gasteiger charge is 1.86. The molecular formula is C5H9O2S-. The molecule has 1 atom stereocenters. The summed E-state index contributed by atoms with van der Waals surface area (Å²) < 4.78 is 19.8. The van der Waals surface area contributed by atoms with Crippen molar-refractivity contribution in [3.8, 4) is 0 Å². The summed E-state index contributed by atoms with van der Waals surface area (Å²) in [7, 11) is 0. The fourth-order valence-electron chi connectivity index (χ4n) is 0.269. The second-order valence-electron chi connectivity index (χ2n) is 1.55. The Bertz CT molecular complexity index is 109. The Hall–Kier alpha value is -0.150. The Morgan fingerprint density at radius 3 is 2.50 bits per heavy atom. The smallest absolute Gasteiger partial charge is 0.0309 e. The van der Waals surface area contributed by atoms with Crippen molar-refractivity contribution in [3.05, 3.63) is 12.2 Å². The highest BCUT2D eigenvalue weighted by Crippen LogP contribution is 1.96. The third-order valence-corrected chi connectivity index (χ3v) is 1.47. The molecule has 0 N–H and O–H groups in total. The summed E-state index contributed by atoms with van der Waals surface area (Å²) in [5.41, 5.74) is 0.762. The predicted octanol–water partition coefficient (Wildman–Crippen LogP) is 0.832. The van der Waals surface area contributed by atoms with E-state index in [0.29, 0.717) is 0 Å². The molecule has 0 saturated heterocycles. The van der Waals surface area contributed by atoms with Crippen molar-refractivity contribution in [1.29, 1.82) is 0 Å². The quantitative estimate of drug-likeness (QED) is 0.422. The molecular weight excluding hydrogens is 124 g/mol. The van der Waals surface area contributed by atoms with Crippen LogP contribution in [0.15, 0.2) is 12.2 Å². The third kappa shape index (κ3) is 4.02. The summed E-state index contributed by atoms with van der Waals surface area (Å²) in [6.45, 7) is 5.40. The van der Waals surface area contributed by atoms with Crippen LogP contribution in [0.4, 0.5) is 0 Å². The molecule has 0 aliphatic rings. The summed E-state index contributed by atoms with van der Waals surface area (Å²) >= 11 is -1.95. The van der Waals surface area contributed by atoms with Crippen LogP contribution in [-0.4, -0.2) is 14.5 Å². The molecule has 0 bridgehead atoms. The molecule has 0 aromatic carbocycles. The van der Waals surface area contributed by atoms with Crippen molar-refractivity contribution in [2.75, 3.05) is 5.75 Å². The van der Waals surface area contributed by atoms with Crippen LogP contribution in [0.5, 0.6) is 0 Å². The van der Waals surface area contributed by atoms with Crippen LogP contribution in [0.25, 0.3) is 0 Å². The van der Waals surface area contributed by atoms with E-state index in [9.17, 15) is 8.76 Å². The highest BCUT2D eigenvalue weighted by atomic mass is 32.2. The minimum atomic E-state index is -1.95. The van der Waals surface area contributed by atoms with Crippen molar-refractivity contribution in [1.82, 2.24) is 0 Å². The van der Waals surface area contributed by atoms with Gasteiger partial charge in [0, 0.05) is 5.75 Å². The molecule has 0 heterocycles. The van der Waals surface area contributed by atoms with Gasteiger partial charge in [0.15, 0.2) is 0 Å². The minimum absolute atomic E-state index is 0.108. The molecule has 0 saturated carbocycles. The van der Waals surface area contributed by atoms with Crippen molar-refractivity contribution in [2.45, 2.75) is 13.3 Å². The van der Waals surface area contributed by atoms with Gasteiger partial charge in [0.05, 0.1) is 0 Å². The first-order chi connectivity index (χ1) is 3.66. The van der Waals surface area contributed by atoms with E-state index < -0.39 is 11.1 Å². The Labute approximate surface area is 51.9 Å². The zero-order valence-electron chi connectivity index (χ0n) is 4.85. The van der Waals surface area contributed by atoms with E-state index in [0.717, 1.165) is 12.0 Å². The van der Waals surface area contributed by atoms with Crippen molar-refractivity contribution < 1.29 is 8.76 Å². The molecule has 8 heavy (non-hydrogen) atoms. The molecule has 0 amide bonds. The van der Waals surface area contributed by atoms with Crippen LogP contribution in [0.1, 0.15) is 13.3 Å². The van der Waals surface area contributed by atoms with E-state index in [1.807, 2.05) is 6.92 Å². The normalized spacial score (nSPS) is 13.2. The van der Waals surface area contributed by atoms with Gasteiger partial charge in [-0.05, 0) is 6.42 Å². The fourth-order valence-corrected chi connectivity index (χ4v) is 0.806. The molecule has 0 aliphatic carbocycles. The van der Waals surface area contributed by atoms with Gasteiger partial charge in [-0.25, -0.2) is 0 Å². The lowest BCUT2D eigenvalue weighted by Crippen LogP contribution is -1.96. The summed E-state index contributed by atoms with van der Waals surface area (Å²) in [4.78, 5) is 0. The van der Waals surface area contributed by atoms with E-state index in [2.05, 4.69) is 6.58 Å². The molecule has 1 unspecified atom stereocenters. The van der Waals surface area contributed by atoms with E-state index in [4.69, 9.17) is 0 Å². The van der Waals surface area contributed by atoms with Crippen LogP contribution in [-0.2, 0) is 11.1 Å². The van der Waals surface area contributed by atoms with Gasteiger partial charge in [-0.15, -0.1) is 0 Å². The van der Waals surface area contributed by atoms with Gasteiger partial charge in [-0.1, -0.05) is 30.2 Å². The lowest BCUT2D eigenvalue weighted by atomic mass is 10.3. The second-order valence-corrected chi connectivity index (χ2v) is 2.45. The van der Waals surface area contributed by atoms with Crippen LogP contribution in [0, 0.1) is 0 Å². The lowest BCUT2D eigenvalue weighted by Gasteiger charge is -2.03. The van der Waals surface area contributed by atoms with E-state index >= 15 is 0 Å². The number of hydrogen-bond acceptors (Lipinski definition) is 2.